The average Bonchev–Trinajstić information content (AvgIpc) is 2.59. The lowest BCUT2D eigenvalue weighted by atomic mass is 10.1. The predicted octanol–water partition coefficient (Wildman–Crippen LogP) is 3.77. The second kappa shape index (κ2) is 7.18. The fourth-order valence-corrected chi connectivity index (χ4v) is 2.61. The van der Waals surface area contributed by atoms with Crippen LogP contribution in [0.1, 0.15) is 27.0 Å². The molecule has 3 aromatic rings. The zero-order chi connectivity index (χ0) is 17.8. The maximum atomic E-state index is 12.5. The van der Waals surface area contributed by atoms with Gasteiger partial charge in [0.2, 0.25) is 0 Å². The van der Waals surface area contributed by atoms with Crippen LogP contribution >= 0.6 is 0 Å². The molecule has 0 radical (unpaired) electrons. The van der Waals surface area contributed by atoms with Crippen molar-refractivity contribution < 1.29 is 4.79 Å². The van der Waals surface area contributed by atoms with Crippen molar-refractivity contribution in [1.82, 2.24) is 4.57 Å². The average molecular weight is 332 g/mol. The predicted molar refractivity (Wildman–Crippen MR) is 100 cm³/mol. The Bertz CT molecular complexity index is 956. The molecule has 0 aliphatic rings. The molecule has 0 aliphatic heterocycles. The zero-order valence-corrected chi connectivity index (χ0v) is 14.3. The number of pyridine rings is 1. The number of carbonyl (C=O) groups excluding carboxylic acids is 1. The fraction of sp³-hybridized carbons (Fsp3) is 0.143. The van der Waals surface area contributed by atoms with Crippen LogP contribution in [-0.4, -0.2) is 10.5 Å². The molecule has 1 amide bonds. The van der Waals surface area contributed by atoms with Gasteiger partial charge >= 0.3 is 0 Å². The highest BCUT2D eigenvalue weighted by molar-refractivity contribution is 6.04. The van der Waals surface area contributed by atoms with Crippen LogP contribution in [0, 0.1) is 13.8 Å². The molecule has 0 atom stereocenters. The van der Waals surface area contributed by atoms with Gasteiger partial charge in [-0.25, -0.2) is 0 Å². The summed E-state index contributed by atoms with van der Waals surface area (Å²) in [6.07, 6.45) is 1.60. The highest BCUT2D eigenvalue weighted by atomic mass is 16.2. The number of nitrogens with one attached hydrogen (secondary N) is 1. The highest BCUT2D eigenvalue weighted by Gasteiger charge is 2.09. The molecule has 0 aliphatic carbocycles. The molecule has 0 unspecified atom stereocenters. The lowest BCUT2D eigenvalue weighted by Gasteiger charge is -2.10. The monoisotopic (exact) mass is 332 g/mol. The molecule has 0 saturated heterocycles. The van der Waals surface area contributed by atoms with Crippen LogP contribution in [0.2, 0.25) is 0 Å². The maximum Gasteiger partial charge on any atom is 0.257 e. The second-order valence-electron chi connectivity index (χ2n) is 6.19. The first-order valence-electron chi connectivity index (χ1n) is 8.15. The summed E-state index contributed by atoms with van der Waals surface area (Å²) in [7, 11) is 0. The molecule has 1 N–H and O–H groups in total. The van der Waals surface area contributed by atoms with Crippen LogP contribution < -0.4 is 10.9 Å². The van der Waals surface area contributed by atoms with E-state index in [0.29, 0.717) is 12.1 Å². The van der Waals surface area contributed by atoms with Crippen LogP contribution in [0.5, 0.6) is 0 Å². The van der Waals surface area contributed by atoms with Crippen molar-refractivity contribution >= 4 is 11.6 Å². The number of carbonyl (C=O) groups is 1. The number of hydrogen-bond acceptors (Lipinski definition) is 2. The summed E-state index contributed by atoms with van der Waals surface area (Å²) in [6, 6.07) is 18.6. The molecule has 0 spiro atoms. The molecule has 126 valence electrons. The number of aromatic nitrogens is 1. The molecule has 4 nitrogen and oxygen atoms in total. The third-order valence-corrected chi connectivity index (χ3v) is 4.00. The molecule has 1 aromatic heterocycles. The van der Waals surface area contributed by atoms with E-state index >= 15 is 0 Å². The number of hydrogen-bond donors (Lipinski definition) is 1. The Morgan fingerprint density at radius 3 is 2.44 bits per heavy atom. The van der Waals surface area contributed by atoms with Crippen molar-refractivity contribution in [2.45, 2.75) is 20.4 Å². The second-order valence-corrected chi connectivity index (χ2v) is 6.19. The van der Waals surface area contributed by atoms with Crippen molar-refractivity contribution in [3.05, 3.63) is 99.5 Å². The number of benzene rings is 2. The van der Waals surface area contributed by atoms with Gasteiger partial charge in [0.25, 0.3) is 11.5 Å². The smallest absolute Gasteiger partial charge is 0.257 e. The number of rotatable bonds is 4. The van der Waals surface area contributed by atoms with Gasteiger partial charge in [0.05, 0.1) is 12.1 Å². The van der Waals surface area contributed by atoms with E-state index in [4.69, 9.17) is 0 Å². The number of nitrogens with zero attached hydrogens (tertiary/aromatic N) is 1. The Kier molecular flexibility index (Phi) is 4.80. The van der Waals surface area contributed by atoms with E-state index in [9.17, 15) is 9.59 Å². The third kappa shape index (κ3) is 4.23. The van der Waals surface area contributed by atoms with Crippen LogP contribution in [0.25, 0.3) is 0 Å². The van der Waals surface area contributed by atoms with E-state index in [2.05, 4.69) is 5.32 Å². The Morgan fingerprint density at radius 1 is 0.960 bits per heavy atom. The van der Waals surface area contributed by atoms with E-state index in [1.165, 1.54) is 11.6 Å². The molecule has 25 heavy (non-hydrogen) atoms. The molecule has 4 heteroatoms. The minimum atomic E-state index is -0.233. The van der Waals surface area contributed by atoms with E-state index in [-0.39, 0.29) is 11.5 Å². The Hall–Kier alpha value is -3.14. The molecule has 0 fully saturated rings. The first kappa shape index (κ1) is 16.7. The van der Waals surface area contributed by atoms with Gasteiger partial charge in [0.1, 0.15) is 0 Å². The summed E-state index contributed by atoms with van der Waals surface area (Å²) in [6.45, 7) is 4.42. The molecule has 2 aromatic carbocycles. The molecular weight excluding hydrogens is 312 g/mol. The third-order valence-electron chi connectivity index (χ3n) is 4.00. The minimum absolute atomic E-state index is 0.132. The lowest BCUT2D eigenvalue weighted by Crippen LogP contribution is -2.22. The van der Waals surface area contributed by atoms with Gasteiger partial charge in [0, 0.05) is 18.0 Å². The first-order chi connectivity index (χ1) is 12.0. The lowest BCUT2D eigenvalue weighted by molar-refractivity contribution is 0.102. The van der Waals surface area contributed by atoms with Crippen LogP contribution in [0.15, 0.2) is 71.7 Å². The quantitative estimate of drug-likeness (QED) is 0.791. The topological polar surface area (TPSA) is 51.1 Å². The van der Waals surface area contributed by atoms with Gasteiger partial charge < -0.3 is 9.88 Å². The summed E-state index contributed by atoms with van der Waals surface area (Å²) < 4.78 is 1.55. The normalized spacial score (nSPS) is 10.5. The van der Waals surface area contributed by atoms with Gasteiger partial charge in [-0.15, -0.1) is 0 Å². The van der Waals surface area contributed by atoms with Crippen molar-refractivity contribution in [2.24, 2.45) is 0 Å². The highest BCUT2D eigenvalue weighted by Crippen LogP contribution is 2.11. The van der Waals surface area contributed by atoms with Crippen LogP contribution in [0.4, 0.5) is 5.69 Å². The zero-order valence-electron chi connectivity index (χ0n) is 14.3. The summed E-state index contributed by atoms with van der Waals surface area (Å²) >= 11 is 0. The van der Waals surface area contributed by atoms with E-state index in [1.807, 2.05) is 62.4 Å². The van der Waals surface area contributed by atoms with E-state index < -0.39 is 0 Å². The van der Waals surface area contributed by atoms with Crippen LogP contribution in [-0.2, 0) is 6.54 Å². The Morgan fingerprint density at radius 2 is 1.72 bits per heavy atom. The molecule has 3 rings (SSSR count). The van der Waals surface area contributed by atoms with Gasteiger partial charge in [-0.3, -0.25) is 9.59 Å². The van der Waals surface area contributed by atoms with Gasteiger partial charge in [-0.2, -0.15) is 0 Å². The van der Waals surface area contributed by atoms with Crippen molar-refractivity contribution in [1.29, 1.82) is 0 Å². The number of aryl methyl sites for hydroxylation is 2. The summed E-state index contributed by atoms with van der Waals surface area (Å²) in [5.41, 5.74) is 4.32. The van der Waals surface area contributed by atoms with Crippen molar-refractivity contribution in [3.63, 3.8) is 0 Å². The molecule has 0 bridgehead atoms. The molecular formula is C21H20N2O2. The fourth-order valence-electron chi connectivity index (χ4n) is 2.61. The van der Waals surface area contributed by atoms with Crippen LogP contribution in [0.3, 0.4) is 0 Å². The summed E-state index contributed by atoms with van der Waals surface area (Å²) in [4.78, 5) is 24.6. The maximum absolute atomic E-state index is 12.5. The molecule has 0 saturated carbocycles. The molecule has 1 heterocycles. The van der Waals surface area contributed by atoms with Crippen molar-refractivity contribution in [2.75, 3.05) is 5.32 Å². The van der Waals surface area contributed by atoms with Gasteiger partial charge in [0.15, 0.2) is 0 Å². The van der Waals surface area contributed by atoms with Crippen molar-refractivity contribution in [3.8, 4) is 0 Å². The number of anilines is 1. The van der Waals surface area contributed by atoms with Gasteiger partial charge in [-0.1, -0.05) is 42.0 Å². The van der Waals surface area contributed by atoms with Gasteiger partial charge in [-0.05, 0) is 43.2 Å². The minimum Gasteiger partial charge on any atom is -0.322 e. The largest absolute Gasteiger partial charge is 0.322 e. The number of amides is 1. The summed E-state index contributed by atoms with van der Waals surface area (Å²) in [5.74, 6) is -0.233. The Labute approximate surface area is 146 Å². The standard InChI is InChI=1S/C21H20N2O2/c1-15-6-8-17(9-7-15)13-23-14-18(10-11-20(23)24)21(25)22-19-5-3-4-16(2)12-19/h3-12,14H,13H2,1-2H3,(H,22,25). The first-order valence-corrected chi connectivity index (χ1v) is 8.15. The summed E-state index contributed by atoms with van der Waals surface area (Å²) in [5, 5.41) is 2.86. The SMILES string of the molecule is Cc1ccc(Cn2cc(C(=O)Nc3cccc(C)c3)ccc2=O)cc1. The van der Waals surface area contributed by atoms with E-state index in [0.717, 1.165) is 16.8 Å². The Balaban J connectivity index is 1.82. The van der Waals surface area contributed by atoms with E-state index in [1.54, 1.807) is 16.8 Å².